The van der Waals surface area contributed by atoms with Crippen molar-refractivity contribution in [1.29, 1.82) is 0 Å². The summed E-state index contributed by atoms with van der Waals surface area (Å²) >= 11 is 0. The first-order valence-electron chi connectivity index (χ1n) is 19.0. The van der Waals surface area contributed by atoms with E-state index in [0.29, 0.717) is 11.8 Å². The van der Waals surface area contributed by atoms with Crippen LogP contribution >= 0.6 is 0 Å². The number of hydrogen-bond donors (Lipinski definition) is 0. The maximum atomic E-state index is 6.83. The number of hydrogen-bond acceptors (Lipinski definition) is 3. The third-order valence-electron chi connectivity index (χ3n) is 10.6. The molecule has 1 unspecified atom stereocenters. The number of pyridine rings is 1. The zero-order chi connectivity index (χ0) is 36.7. The van der Waals surface area contributed by atoms with E-state index in [0.717, 1.165) is 59.0 Å². The Labute approximate surface area is 309 Å². The van der Waals surface area contributed by atoms with E-state index in [4.69, 9.17) is 14.8 Å². The molecule has 0 spiro atoms. The molecule has 266 valence electrons. The summed E-state index contributed by atoms with van der Waals surface area (Å²) in [6.07, 6.45) is 4.76. The largest absolute Gasteiger partial charge is 0.457 e. The summed E-state index contributed by atoms with van der Waals surface area (Å²) < 4.78 is 11.3. The number of nitrogens with zero attached hydrogens (tertiary/aromatic N) is 4. The van der Waals surface area contributed by atoms with Gasteiger partial charge in [-0.15, -0.1) is 0 Å². The summed E-state index contributed by atoms with van der Waals surface area (Å²) in [5.41, 5.74) is 11.8. The molecule has 0 saturated heterocycles. The van der Waals surface area contributed by atoms with E-state index in [9.17, 15) is 0 Å². The number of fused-ring (bicyclic) bond motifs is 3. The highest BCUT2D eigenvalue weighted by Crippen LogP contribution is 2.39. The molecule has 52 heavy (non-hydrogen) atoms. The van der Waals surface area contributed by atoms with Crippen molar-refractivity contribution >= 4 is 21.8 Å². The number of benzene rings is 4. The maximum Gasteiger partial charge on any atom is 0.137 e. The van der Waals surface area contributed by atoms with Crippen LogP contribution in [-0.2, 0) is 18.3 Å². The predicted octanol–water partition coefficient (Wildman–Crippen LogP) is 12.9. The van der Waals surface area contributed by atoms with Crippen molar-refractivity contribution in [3.05, 3.63) is 131 Å². The fourth-order valence-corrected chi connectivity index (χ4v) is 7.36. The highest BCUT2D eigenvalue weighted by atomic mass is 16.5. The fraction of sp³-hybridized carbons (Fsp3) is 0.319. The highest BCUT2D eigenvalue weighted by molar-refractivity contribution is 6.09. The Kier molecular flexibility index (Phi) is 9.56. The Hall–Kier alpha value is -5.16. The summed E-state index contributed by atoms with van der Waals surface area (Å²) in [6, 6.07) is 35.0. The number of aromatic nitrogens is 4. The van der Waals surface area contributed by atoms with Gasteiger partial charge in [0.1, 0.15) is 17.3 Å². The standard InChI is InChI=1S/C47H52N4O/c1-10-31(6)33-18-21-43-40(26-33)39-20-19-37(29-44(39)50(43)45-27-35(22-23-48-45)47(7,8)9)52-38-25-34(30(4)5)24-36(28-38)51-42(12-3)46(41(11-2)49-51)32-16-14-13-15-17-32/h13-31H,10-12H2,1-9H3. The van der Waals surface area contributed by atoms with E-state index in [2.05, 4.69) is 169 Å². The van der Waals surface area contributed by atoms with E-state index in [1.807, 2.05) is 6.20 Å². The quantitative estimate of drug-likeness (QED) is 0.144. The van der Waals surface area contributed by atoms with Crippen molar-refractivity contribution in [1.82, 2.24) is 19.3 Å². The summed E-state index contributed by atoms with van der Waals surface area (Å²) in [5.74, 6) is 3.29. The third-order valence-corrected chi connectivity index (χ3v) is 10.6. The van der Waals surface area contributed by atoms with Crippen LogP contribution in [0.1, 0.15) is 109 Å². The van der Waals surface area contributed by atoms with Crippen molar-refractivity contribution in [2.45, 2.75) is 98.8 Å². The minimum absolute atomic E-state index is 0.000439. The highest BCUT2D eigenvalue weighted by Gasteiger charge is 2.21. The minimum Gasteiger partial charge on any atom is -0.457 e. The molecule has 0 bridgehead atoms. The average molecular weight is 689 g/mol. The van der Waals surface area contributed by atoms with Crippen LogP contribution < -0.4 is 4.74 Å². The Bertz CT molecular complexity index is 2370. The molecular formula is C47H52N4O. The molecule has 5 nitrogen and oxygen atoms in total. The van der Waals surface area contributed by atoms with Crippen molar-refractivity contribution in [3.63, 3.8) is 0 Å². The van der Waals surface area contributed by atoms with Crippen LogP contribution in [0.2, 0.25) is 0 Å². The fourth-order valence-electron chi connectivity index (χ4n) is 7.36. The van der Waals surface area contributed by atoms with Crippen molar-refractivity contribution in [3.8, 4) is 34.1 Å². The second-order valence-electron chi connectivity index (χ2n) is 15.5. The molecule has 0 aliphatic rings. The summed E-state index contributed by atoms with van der Waals surface area (Å²) in [4.78, 5) is 4.93. The molecule has 3 heterocycles. The molecule has 0 saturated carbocycles. The number of rotatable bonds is 10. The minimum atomic E-state index is -0.000439. The van der Waals surface area contributed by atoms with Crippen LogP contribution in [0.25, 0.3) is 44.4 Å². The molecule has 0 aliphatic heterocycles. The van der Waals surface area contributed by atoms with Crippen LogP contribution in [0.4, 0.5) is 0 Å². The van der Waals surface area contributed by atoms with Crippen LogP contribution in [0.5, 0.6) is 11.5 Å². The number of aryl methyl sites for hydroxylation is 1. The summed E-state index contributed by atoms with van der Waals surface area (Å²) in [7, 11) is 0. The van der Waals surface area contributed by atoms with Gasteiger partial charge in [0.15, 0.2) is 0 Å². The van der Waals surface area contributed by atoms with Gasteiger partial charge in [-0.1, -0.05) is 98.7 Å². The lowest BCUT2D eigenvalue weighted by Gasteiger charge is -2.20. The lowest BCUT2D eigenvalue weighted by molar-refractivity contribution is 0.481. The van der Waals surface area contributed by atoms with Gasteiger partial charge in [0, 0.05) is 34.7 Å². The second kappa shape index (κ2) is 14.1. The van der Waals surface area contributed by atoms with Gasteiger partial charge in [0.25, 0.3) is 0 Å². The van der Waals surface area contributed by atoms with Crippen molar-refractivity contribution in [2.75, 3.05) is 0 Å². The van der Waals surface area contributed by atoms with Gasteiger partial charge in [-0.05, 0) is 107 Å². The van der Waals surface area contributed by atoms with Crippen LogP contribution in [0.3, 0.4) is 0 Å². The lowest BCUT2D eigenvalue weighted by atomic mass is 9.88. The van der Waals surface area contributed by atoms with Gasteiger partial charge in [0.05, 0.1) is 28.1 Å². The maximum absolute atomic E-state index is 6.83. The van der Waals surface area contributed by atoms with E-state index in [1.165, 1.54) is 44.3 Å². The van der Waals surface area contributed by atoms with Gasteiger partial charge < -0.3 is 4.74 Å². The van der Waals surface area contributed by atoms with Crippen molar-refractivity contribution < 1.29 is 4.74 Å². The SMILES string of the molecule is CCc1nn(-c2cc(Oc3ccc4c5cc(C(C)CC)ccc5n(-c5cc(C(C)(C)C)ccn5)c4c3)cc(C(C)C)c2)c(CC)c1-c1ccccc1. The first-order valence-corrected chi connectivity index (χ1v) is 19.0. The van der Waals surface area contributed by atoms with E-state index in [-0.39, 0.29) is 5.41 Å². The molecular weight excluding hydrogens is 637 g/mol. The van der Waals surface area contributed by atoms with Gasteiger partial charge >= 0.3 is 0 Å². The van der Waals surface area contributed by atoms with E-state index < -0.39 is 0 Å². The Balaban J connectivity index is 1.37. The first kappa shape index (κ1) is 35.3. The van der Waals surface area contributed by atoms with Crippen LogP contribution in [0, 0.1) is 0 Å². The molecule has 4 aromatic carbocycles. The predicted molar refractivity (Wildman–Crippen MR) is 218 cm³/mol. The van der Waals surface area contributed by atoms with Gasteiger partial charge in [-0.3, -0.25) is 4.57 Å². The molecule has 0 radical (unpaired) electrons. The van der Waals surface area contributed by atoms with Crippen LogP contribution in [0.15, 0.2) is 103 Å². The molecule has 5 heteroatoms. The van der Waals surface area contributed by atoms with Gasteiger partial charge in [-0.2, -0.15) is 5.10 Å². The van der Waals surface area contributed by atoms with Crippen molar-refractivity contribution in [2.24, 2.45) is 0 Å². The molecule has 0 fully saturated rings. The monoisotopic (exact) mass is 688 g/mol. The van der Waals surface area contributed by atoms with E-state index >= 15 is 0 Å². The summed E-state index contributed by atoms with van der Waals surface area (Å²) in [5, 5.41) is 7.63. The first-order chi connectivity index (χ1) is 25.0. The van der Waals surface area contributed by atoms with E-state index in [1.54, 1.807) is 0 Å². The normalized spacial score (nSPS) is 12.7. The van der Waals surface area contributed by atoms with Gasteiger partial charge in [0.2, 0.25) is 0 Å². The molecule has 7 aromatic rings. The summed E-state index contributed by atoms with van der Waals surface area (Å²) in [6.45, 7) is 20.2. The number of ether oxygens (including phenoxy) is 1. The lowest BCUT2D eigenvalue weighted by Crippen LogP contribution is -2.12. The van der Waals surface area contributed by atoms with Gasteiger partial charge in [-0.25, -0.2) is 9.67 Å². The molecule has 0 N–H and O–H groups in total. The molecule has 0 aliphatic carbocycles. The molecule has 1 atom stereocenters. The Morgan fingerprint density at radius 2 is 1.50 bits per heavy atom. The topological polar surface area (TPSA) is 44.9 Å². The molecule has 7 rings (SSSR count). The third kappa shape index (κ3) is 6.53. The average Bonchev–Trinajstić information content (AvgIpc) is 3.69. The van der Waals surface area contributed by atoms with Crippen LogP contribution in [-0.4, -0.2) is 19.3 Å². The molecule has 0 amide bonds. The Morgan fingerprint density at radius 1 is 0.712 bits per heavy atom. The zero-order valence-electron chi connectivity index (χ0n) is 32.3. The molecule has 3 aromatic heterocycles. The smallest absolute Gasteiger partial charge is 0.137 e. The zero-order valence-corrected chi connectivity index (χ0v) is 32.3. The Morgan fingerprint density at radius 3 is 2.19 bits per heavy atom. The second-order valence-corrected chi connectivity index (χ2v) is 15.5.